The third kappa shape index (κ3) is 6.69. The Bertz CT molecular complexity index is 797. The molecule has 0 radical (unpaired) electrons. The summed E-state index contributed by atoms with van der Waals surface area (Å²) >= 11 is 0. The lowest BCUT2D eigenvalue weighted by molar-refractivity contribution is -0.0562. The van der Waals surface area contributed by atoms with Crippen LogP contribution in [0, 0.1) is 0 Å². The fourth-order valence-corrected chi connectivity index (χ4v) is 3.86. The summed E-state index contributed by atoms with van der Waals surface area (Å²) < 4.78 is 17.2. The van der Waals surface area contributed by atoms with Crippen molar-refractivity contribution in [1.29, 1.82) is 0 Å². The van der Waals surface area contributed by atoms with Crippen LogP contribution in [0.3, 0.4) is 0 Å². The fourth-order valence-electron chi connectivity index (χ4n) is 3.86. The smallest absolute Gasteiger partial charge is 0.407 e. The van der Waals surface area contributed by atoms with Gasteiger partial charge in [0.2, 0.25) is 0 Å². The van der Waals surface area contributed by atoms with Crippen LogP contribution in [-0.2, 0) is 16.1 Å². The molecule has 1 fully saturated rings. The van der Waals surface area contributed by atoms with E-state index in [9.17, 15) is 15.0 Å². The van der Waals surface area contributed by atoms with Crippen LogP contribution in [-0.4, -0.2) is 66.3 Å². The molecule has 1 aliphatic heterocycles. The van der Waals surface area contributed by atoms with E-state index in [1.165, 1.54) is 4.90 Å². The number of hydrogen-bond donors (Lipinski definition) is 2. The third-order valence-electron chi connectivity index (χ3n) is 5.35. The number of aliphatic hydroxyl groups excluding tert-OH is 1. The Kier molecular flexibility index (Phi) is 8.70. The topological polar surface area (TPSA) is 88.5 Å². The van der Waals surface area contributed by atoms with Gasteiger partial charge in [0.25, 0.3) is 0 Å². The Morgan fingerprint density at radius 3 is 2.48 bits per heavy atom. The average molecular weight is 430 g/mol. The number of rotatable bonds is 10. The number of nitrogens with zero attached hydrogens (tertiary/aromatic N) is 1. The molecule has 1 amide bonds. The summed E-state index contributed by atoms with van der Waals surface area (Å²) in [5.74, 6) is 0.466. The van der Waals surface area contributed by atoms with Crippen molar-refractivity contribution in [1.82, 2.24) is 4.90 Å². The van der Waals surface area contributed by atoms with Gasteiger partial charge in [0.05, 0.1) is 45.1 Å². The molecule has 0 saturated carbocycles. The van der Waals surface area contributed by atoms with Gasteiger partial charge in [0, 0.05) is 18.9 Å². The zero-order valence-corrected chi connectivity index (χ0v) is 17.9. The minimum Gasteiger partial charge on any atom is -0.494 e. The summed E-state index contributed by atoms with van der Waals surface area (Å²) in [6, 6.07) is 17.6. The summed E-state index contributed by atoms with van der Waals surface area (Å²) in [4.78, 5) is 12.5. The van der Waals surface area contributed by atoms with Crippen molar-refractivity contribution in [2.24, 2.45) is 0 Å². The summed E-state index contributed by atoms with van der Waals surface area (Å²) in [6.07, 6.45) is -1.47. The van der Waals surface area contributed by atoms with E-state index in [0.717, 1.165) is 23.3 Å². The number of amides is 1. The van der Waals surface area contributed by atoms with Gasteiger partial charge in [-0.3, -0.25) is 0 Å². The summed E-state index contributed by atoms with van der Waals surface area (Å²) in [7, 11) is 0. The van der Waals surface area contributed by atoms with Gasteiger partial charge in [-0.1, -0.05) is 42.5 Å². The SMILES string of the molecule is CCO[C@@H]1CN(C(=O)O)C[C@H](O)[C@H]1c1ccc(OCCCOCc2ccccc2)cc1. The van der Waals surface area contributed by atoms with Crippen LogP contribution in [0.4, 0.5) is 4.79 Å². The van der Waals surface area contributed by atoms with Gasteiger partial charge in [0.15, 0.2) is 0 Å². The quantitative estimate of drug-likeness (QED) is 0.562. The first-order valence-electron chi connectivity index (χ1n) is 10.7. The lowest BCUT2D eigenvalue weighted by atomic mass is 9.84. The number of carboxylic acid groups (broad SMARTS) is 1. The molecule has 7 nitrogen and oxygen atoms in total. The van der Waals surface area contributed by atoms with Crippen LogP contribution in [0.25, 0.3) is 0 Å². The molecule has 31 heavy (non-hydrogen) atoms. The third-order valence-corrected chi connectivity index (χ3v) is 5.35. The standard InChI is InChI=1S/C24H31NO6/c1-2-30-22-16-25(24(27)28)15-21(26)23(22)19-9-11-20(12-10-19)31-14-6-13-29-17-18-7-4-3-5-8-18/h3-5,7-12,21-23,26H,2,6,13-17H2,1H3,(H,27,28)/t21-,22+,23+/m0/s1. The number of β-amino-alcohol motifs (C(OH)–C–C–N with tert-alkyl or cyclic N) is 1. The molecule has 2 N–H and O–H groups in total. The molecular weight excluding hydrogens is 398 g/mol. The van der Waals surface area contributed by atoms with Crippen molar-refractivity contribution in [2.75, 3.05) is 32.9 Å². The molecule has 1 heterocycles. The predicted molar refractivity (Wildman–Crippen MR) is 116 cm³/mol. The van der Waals surface area contributed by atoms with Crippen LogP contribution < -0.4 is 4.74 Å². The van der Waals surface area contributed by atoms with Gasteiger partial charge in [-0.15, -0.1) is 0 Å². The molecular formula is C24H31NO6. The molecule has 1 aliphatic rings. The Morgan fingerprint density at radius 1 is 1.06 bits per heavy atom. The summed E-state index contributed by atoms with van der Waals surface area (Å²) in [5.41, 5.74) is 2.07. The van der Waals surface area contributed by atoms with E-state index >= 15 is 0 Å². The van der Waals surface area contributed by atoms with Crippen LogP contribution in [0.15, 0.2) is 54.6 Å². The van der Waals surface area contributed by atoms with E-state index < -0.39 is 18.3 Å². The minimum atomic E-state index is -1.04. The second kappa shape index (κ2) is 11.7. The van der Waals surface area contributed by atoms with E-state index in [2.05, 4.69) is 0 Å². The molecule has 2 aromatic carbocycles. The number of benzene rings is 2. The van der Waals surface area contributed by atoms with E-state index in [4.69, 9.17) is 14.2 Å². The molecule has 0 spiro atoms. The Morgan fingerprint density at radius 2 is 1.81 bits per heavy atom. The molecule has 0 unspecified atom stereocenters. The van der Waals surface area contributed by atoms with Crippen LogP contribution in [0.1, 0.15) is 30.4 Å². The zero-order valence-electron chi connectivity index (χ0n) is 17.9. The molecule has 0 bridgehead atoms. The van der Waals surface area contributed by atoms with Crippen LogP contribution >= 0.6 is 0 Å². The number of ether oxygens (including phenoxy) is 3. The minimum absolute atomic E-state index is 0.0742. The highest BCUT2D eigenvalue weighted by Gasteiger charge is 2.39. The van der Waals surface area contributed by atoms with E-state index in [1.807, 2.05) is 61.5 Å². The second-order valence-corrected chi connectivity index (χ2v) is 7.58. The van der Waals surface area contributed by atoms with Gasteiger partial charge in [0.1, 0.15) is 5.75 Å². The Balaban J connectivity index is 1.46. The molecule has 0 aliphatic carbocycles. The monoisotopic (exact) mass is 429 g/mol. The van der Waals surface area contributed by atoms with E-state index in [-0.39, 0.29) is 19.0 Å². The van der Waals surface area contributed by atoms with Crippen molar-refractivity contribution in [3.8, 4) is 5.75 Å². The number of carbonyl (C=O) groups is 1. The maximum Gasteiger partial charge on any atom is 0.407 e. The molecule has 1 saturated heterocycles. The summed E-state index contributed by atoms with van der Waals surface area (Å²) in [5, 5.41) is 19.8. The number of likely N-dealkylation sites (tertiary alicyclic amines) is 1. The molecule has 3 atom stereocenters. The highest BCUT2D eigenvalue weighted by Crippen LogP contribution is 2.32. The van der Waals surface area contributed by atoms with Gasteiger partial charge >= 0.3 is 6.09 Å². The number of hydrogen-bond acceptors (Lipinski definition) is 5. The maximum absolute atomic E-state index is 11.3. The second-order valence-electron chi connectivity index (χ2n) is 7.58. The molecule has 7 heteroatoms. The number of aliphatic hydroxyl groups is 1. The number of piperidine rings is 1. The van der Waals surface area contributed by atoms with Crippen molar-refractivity contribution in [3.05, 3.63) is 65.7 Å². The van der Waals surface area contributed by atoms with E-state index in [0.29, 0.717) is 26.4 Å². The van der Waals surface area contributed by atoms with Crippen LogP contribution in [0.5, 0.6) is 5.75 Å². The zero-order chi connectivity index (χ0) is 22.1. The normalized spacial score (nSPS) is 21.1. The van der Waals surface area contributed by atoms with Crippen LogP contribution in [0.2, 0.25) is 0 Å². The highest BCUT2D eigenvalue weighted by atomic mass is 16.5. The molecule has 0 aromatic heterocycles. The first kappa shape index (κ1) is 23.1. The van der Waals surface area contributed by atoms with E-state index in [1.54, 1.807) is 0 Å². The predicted octanol–water partition coefficient (Wildman–Crippen LogP) is 3.52. The van der Waals surface area contributed by atoms with Gasteiger partial charge in [-0.05, 0) is 30.2 Å². The van der Waals surface area contributed by atoms with Gasteiger partial charge in [-0.2, -0.15) is 0 Å². The summed E-state index contributed by atoms with van der Waals surface area (Å²) in [6.45, 7) is 4.40. The lowest BCUT2D eigenvalue weighted by Gasteiger charge is -2.40. The molecule has 2 aromatic rings. The van der Waals surface area contributed by atoms with Crippen molar-refractivity contribution < 1.29 is 29.2 Å². The van der Waals surface area contributed by atoms with Gasteiger partial charge < -0.3 is 29.3 Å². The van der Waals surface area contributed by atoms with Crippen molar-refractivity contribution >= 4 is 6.09 Å². The maximum atomic E-state index is 11.3. The highest BCUT2D eigenvalue weighted by molar-refractivity contribution is 5.65. The van der Waals surface area contributed by atoms with Crippen molar-refractivity contribution in [2.45, 2.75) is 38.1 Å². The molecule has 3 rings (SSSR count). The fraction of sp³-hybridized carbons (Fsp3) is 0.458. The largest absolute Gasteiger partial charge is 0.494 e. The van der Waals surface area contributed by atoms with Crippen molar-refractivity contribution in [3.63, 3.8) is 0 Å². The Hall–Kier alpha value is -2.61. The Labute approximate surface area is 183 Å². The molecule has 168 valence electrons. The first-order valence-corrected chi connectivity index (χ1v) is 10.7. The first-order chi connectivity index (χ1) is 15.1. The average Bonchev–Trinajstić information content (AvgIpc) is 2.77. The van der Waals surface area contributed by atoms with Gasteiger partial charge in [-0.25, -0.2) is 4.79 Å². The lowest BCUT2D eigenvalue weighted by Crippen LogP contribution is -2.53.